The summed E-state index contributed by atoms with van der Waals surface area (Å²) in [5.41, 5.74) is 0. The molecule has 88 valence electrons. The van der Waals surface area contributed by atoms with Crippen molar-refractivity contribution in [3.63, 3.8) is 0 Å². The van der Waals surface area contributed by atoms with Gasteiger partial charge in [0.05, 0.1) is 6.10 Å². The topological polar surface area (TPSA) is 52.6 Å². The van der Waals surface area contributed by atoms with Gasteiger partial charge in [-0.3, -0.25) is 9.69 Å². The lowest BCUT2D eigenvalue weighted by Gasteiger charge is -2.24. The van der Waals surface area contributed by atoms with E-state index in [0.717, 1.165) is 25.9 Å². The van der Waals surface area contributed by atoms with Gasteiger partial charge in [0.2, 0.25) is 5.91 Å². The van der Waals surface area contributed by atoms with E-state index >= 15 is 0 Å². The maximum absolute atomic E-state index is 11.1. The SMILES string of the molecule is CNC(=O)CCN1CCCC1CC(C)O. The summed E-state index contributed by atoms with van der Waals surface area (Å²) in [5.74, 6) is 0.0951. The first-order chi connectivity index (χ1) is 7.13. The van der Waals surface area contributed by atoms with Crippen LogP contribution in [0.3, 0.4) is 0 Å². The highest BCUT2D eigenvalue weighted by Gasteiger charge is 2.25. The average molecular weight is 214 g/mol. The highest BCUT2D eigenvalue weighted by molar-refractivity contribution is 5.75. The number of hydrogen-bond acceptors (Lipinski definition) is 3. The van der Waals surface area contributed by atoms with E-state index in [1.807, 2.05) is 6.92 Å². The Morgan fingerprint density at radius 2 is 2.40 bits per heavy atom. The van der Waals surface area contributed by atoms with E-state index in [0.29, 0.717) is 12.5 Å². The zero-order chi connectivity index (χ0) is 11.3. The van der Waals surface area contributed by atoms with Crippen molar-refractivity contribution in [2.75, 3.05) is 20.1 Å². The second-order valence-corrected chi connectivity index (χ2v) is 4.34. The van der Waals surface area contributed by atoms with Crippen molar-refractivity contribution in [3.05, 3.63) is 0 Å². The summed E-state index contributed by atoms with van der Waals surface area (Å²) < 4.78 is 0. The molecule has 4 nitrogen and oxygen atoms in total. The molecule has 1 aliphatic rings. The summed E-state index contributed by atoms with van der Waals surface area (Å²) in [7, 11) is 1.67. The van der Waals surface area contributed by atoms with Gasteiger partial charge in [0, 0.05) is 26.1 Å². The number of carbonyl (C=O) groups excluding carboxylic acids is 1. The fourth-order valence-electron chi connectivity index (χ4n) is 2.22. The van der Waals surface area contributed by atoms with Crippen LogP contribution < -0.4 is 5.32 Å². The fraction of sp³-hybridized carbons (Fsp3) is 0.909. The normalized spacial score (nSPS) is 24.1. The van der Waals surface area contributed by atoms with Gasteiger partial charge in [-0.15, -0.1) is 0 Å². The zero-order valence-electron chi connectivity index (χ0n) is 9.70. The van der Waals surface area contributed by atoms with Gasteiger partial charge in [0.1, 0.15) is 0 Å². The minimum absolute atomic E-state index is 0.0951. The van der Waals surface area contributed by atoms with Gasteiger partial charge in [-0.05, 0) is 32.7 Å². The van der Waals surface area contributed by atoms with E-state index in [1.165, 1.54) is 6.42 Å². The van der Waals surface area contributed by atoms with Crippen LogP contribution in [0.4, 0.5) is 0 Å². The lowest BCUT2D eigenvalue weighted by molar-refractivity contribution is -0.121. The van der Waals surface area contributed by atoms with E-state index in [2.05, 4.69) is 10.2 Å². The molecular formula is C11H22N2O2. The van der Waals surface area contributed by atoms with Crippen molar-refractivity contribution >= 4 is 5.91 Å². The number of rotatable bonds is 5. The van der Waals surface area contributed by atoms with Gasteiger partial charge in [-0.1, -0.05) is 0 Å². The van der Waals surface area contributed by atoms with Crippen molar-refractivity contribution in [1.29, 1.82) is 0 Å². The molecule has 2 unspecified atom stereocenters. The second-order valence-electron chi connectivity index (χ2n) is 4.34. The maximum atomic E-state index is 11.1. The molecule has 1 amide bonds. The minimum atomic E-state index is -0.240. The summed E-state index contributed by atoms with van der Waals surface area (Å²) in [6.07, 6.45) is 3.49. The molecule has 2 N–H and O–H groups in total. The monoisotopic (exact) mass is 214 g/mol. The predicted molar refractivity (Wildman–Crippen MR) is 59.6 cm³/mol. The van der Waals surface area contributed by atoms with Gasteiger partial charge < -0.3 is 10.4 Å². The van der Waals surface area contributed by atoms with Crippen LogP contribution in [0.2, 0.25) is 0 Å². The third-order valence-corrected chi connectivity index (χ3v) is 3.02. The molecule has 0 aromatic heterocycles. The first-order valence-corrected chi connectivity index (χ1v) is 5.76. The highest BCUT2D eigenvalue weighted by atomic mass is 16.3. The Morgan fingerprint density at radius 1 is 1.67 bits per heavy atom. The van der Waals surface area contributed by atoms with E-state index in [9.17, 15) is 9.90 Å². The van der Waals surface area contributed by atoms with Crippen molar-refractivity contribution in [1.82, 2.24) is 10.2 Å². The molecule has 0 aromatic carbocycles. The van der Waals surface area contributed by atoms with Crippen molar-refractivity contribution in [2.45, 2.75) is 44.8 Å². The number of aliphatic hydroxyl groups is 1. The van der Waals surface area contributed by atoms with E-state index in [-0.39, 0.29) is 12.0 Å². The first kappa shape index (κ1) is 12.5. The summed E-state index contributed by atoms with van der Waals surface area (Å²) in [5, 5.41) is 12.0. The van der Waals surface area contributed by atoms with Crippen LogP contribution in [-0.2, 0) is 4.79 Å². The van der Waals surface area contributed by atoms with E-state index < -0.39 is 0 Å². The Labute approximate surface area is 91.6 Å². The Hall–Kier alpha value is -0.610. The van der Waals surface area contributed by atoms with Crippen molar-refractivity contribution in [3.8, 4) is 0 Å². The van der Waals surface area contributed by atoms with Crippen LogP contribution in [0.1, 0.15) is 32.6 Å². The number of nitrogens with zero attached hydrogens (tertiary/aromatic N) is 1. The van der Waals surface area contributed by atoms with E-state index in [4.69, 9.17) is 0 Å². The molecule has 0 spiro atoms. The number of aliphatic hydroxyl groups excluding tert-OH is 1. The third-order valence-electron chi connectivity index (χ3n) is 3.02. The van der Waals surface area contributed by atoms with Crippen LogP contribution in [0.5, 0.6) is 0 Å². The largest absolute Gasteiger partial charge is 0.393 e. The molecule has 1 aliphatic heterocycles. The summed E-state index contributed by atoms with van der Waals surface area (Å²) >= 11 is 0. The quantitative estimate of drug-likeness (QED) is 0.694. The Morgan fingerprint density at radius 3 is 3.00 bits per heavy atom. The molecule has 1 heterocycles. The summed E-state index contributed by atoms with van der Waals surface area (Å²) in [6, 6.07) is 0.467. The van der Waals surface area contributed by atoms with Crippen LogP contribution in [-0.4, -0.2) is 48.2 Å². The number of hydrogen-bond donors (Lipinski definition) is 2. The molecule has 1 saturated heterocycles. The van der Waals surface area contributed by atoms with Crippen LogP contribution in [0.15, 0.2) is 0 Å². The van der Waals surface area contributed by atoms with Crippen LogP contribution in [0.25, 0.3) is 0 Å². The fourth-order valence-corrected chi connectivity index (χ4v) is 2.22. The second kappa shape index (κ2) is 6.08. The molecule has 15 heavy (non-hydrogen) atoms. The Bertz CT molecular complexity index is 207. The highest BCUT2D eigenvalue weighted by Crippen LogP contribution is 2.21. The molecule has 0 aliphatic carbocycles. The molecule has 0 saturated carbocycles. The standard InChI is InChI=1S/C11H22N2O2/c1-9(14)8-10-4-3-6-13(10)7-5-11(15)12-2/h9-10,14H,3-8H2,1-2H3,(H,12,15). The van der Waals surface area contributed by atoms with Gasteiger partial charge in [0.25, 0.3) is 0 Å². The number of amides is 1. The Kier molecular flexibility index (Phi) is 5.05. The van der Waals surface area contributed by atoms with Gasteiger partial charge in [0.15, 0.2) is 0 Å². The molecule has 4 heteroatoms. The molecule has 0 radical (unpaired) electrons. The molecule has 1 fully saturated rings. The van der Waals surface area contributed by atoms with Gasteiger partial charge in [-0.25, -0.2) is 0 Å². The molecule has 0 bridgehead atoms. The lowest BCUT2D eigenvalue weighted by Crippen LogP contribution is -2.35. The summed E-state index contributed by atoms with van der Waals surface area (Å²) in [6.45, 7) is 3.71. The molecule has 2 atom stereocenters. The van der Waals surface area contributed by atoms with Crippen molar-refractivity contribution < 1.29 is 9.90 Å². The molecule has 1 rings (SSSR count). The Balaban J connectivity index is 2.30. The number of nitrogens with one attached hydrogen (secondary N) is 1. The van der Waals surface area contributed by atoms with E-state index in [1.54, 1.807) is 7.05 Å². The number of likely N-dealkylation sites (tertiary alicyclic amines) is 1. The first-order valence-electron chi connectivity index (χ1n) is 5.76. The minimum Gasteiger partial charge on any atom is -0.393 e. The predicted octanol–water partition coefficient (Wildman–Crippen LogP) is 0.358. The third kappa shape index (κ3) is 4.18. The molecular weight excluding hydrogens is 192 g/mol. The smallest absolute Gasteiger partial charge is 0.221 e. The lowest BCUT2D eigenvalue weighted by atomic mass is 10.1. The maximum Gasteiger partial charge on any atom is 0.221 e. The van der Waals surface area contributed by atoms with Gasteiger partial charge >= 0.3 is 0 Å². The van der Waals surface area contributed by atoms with Gasteiger partial charge in [-0.2, -0.15) is 0 Å². The van der Waals surface area contributed by atoms with Crippen LogP contribution in [0, 0.1) is 0 Å². The average Bonchev–Trinajstić information content (AvgIpc) is 2.61. The zero-order valence-corrected chi connectivity index (χ0v) is 9.70. The number of carbonyl (C=O) groups is 1. The molecule has 0 aromatic rings. The van der Waals surface area contributed by atoms with Crippen LogP contribution >= 0.6 is 0 Å². The summed E-state index contributed by atoms with van der Waals surface area (Å²) in [4.78, 5) is 13.4. The van der Waals surface area contributed by atoms with Crippen molar-refractivity contribution in [2.24, 2.45) is 0 Å².